The Hall–Kier alpha value is -6.38. The fourth-order valence-electron chi connectivity index (χ4n) is 8.29. The molecule has 1 aromatic heterocycles. The second kappa shape index (κ2) is 11.1. The molecule has 0 radical (unpaired) electrons. The minimum Gasteiger partial charge on any atom is -0.228 e. The highest BCUT2D eigenvalue weighted by Gasteiger charge is 2.40. The van der Waals surface area contributed by atoms with E-state index in [9.17, 15) is 0 Å². The van der Waals surface area contributed by atoms with E-state index in [1.54, 1.807) is 0 Å². The van der Waals surface area contributed by atoms with Crippen LogP contribution < -0.4 is 0 Å². The van der Waals surface area contributed by atoms with Gasteiger partial charge in [0, 0.05) is 22.1 Å². The molecule has 9 aromatic rings. The van der Waals surface area contributed by atoms with Crippen LogP contribution in [0.3, 0.4) is 0 Å². The van der Waals surface area contributed by atoms with Crippen molar-refractivity contribution < 1.29 is 0 Å². The van der Waals surface area contributed by atoms with Crippen LogP contribution in [-0.2, 0) is 5.41 Å². The number of fused-ring (bicyclic) bond motifs is 7. The lowest BCUT2D eigenvalue weighted by molar-refractivity contribution is 0.714. The van der Waals surface area contributed by atoms with Gasteiger partial charge in [0.15, 0.2) is 5.82 Å². The largest absolute Gasteiger partial charge is 0.228 e. The SMILES string of the molecule is CC1(c2ccccc2)c2ccccc2-c2cc(-c3cc(-c4c5ccccc5cc5ccc6ccccc6c45)nc(-c4ccccc4)n3)ccc21. The van der Waals surface area contributed by atoms with Crippen LogP contribution in [0.4, 0.5) is 0 Å². The molecule has 0 bridgehead atoms. The molecular formula is C48H32N2. The van der Waals surface area contributed by atoms with Crippen LogP contribution in [0.5, 0.6) is 0 Å². The summed E-state index contributed by atoms with van der Waals surface area (Å²) in [6, 6.07) is 63.4. The van der Waals surface area contributed by atoms with Gasteiger partial charge in [0.25, 0.3) is 0 Å². The summed E-state index contributed by atoms with van der Waals surface area (Å²) < 4.78 is 0. The number of rotatable bonds is 4. The van der Waals surface area contributed by atoms with Gasteiger partial charge in [0.1, 0.15) is 0 Å². The Balaban J connectivity index is 1.26. The first-order valence-electron chi connectivity index (χ1n) is 17.3. The lowest BCUT2D eigenvalue weighted by atomic mass is 9.74. The van der Waals surface area contributed by atoms with E-state index in [1.807, 2.05) is 6.07 Å². The van der Waals surface area contributed by atoms with Crippen LogP contribution in [0.2, 0.25) is 0 Å². The molecule has 0 saturated carbocycles. The molecule has 2 nitrogen and oxygen atoms in total. The molecule has 50 heavy (non-hydrogen) atoms. The summed E-state index contributed by atoms with van der Waals surface area (Å²) in [6.07, 6.45) is 0. The predicted molar refractivity (Wildman–Crippen MR) is 208 cm³/mol. The molecule has 1 aliphatic rings. The Morgan fingerprint density at radius 1 is 0.420 bits per heavy atom. The van der Waals surface area contributed by atoms with Crippen molar-refractivity contribution in [1.29, 1.82) is 0 Å². The van der Waals surface area contributed by atoms with E-state index in [2.05, 4.69) is 177 Å². The van der Waals surface area contributed by atoms with E-state index >= 15 is 0 Å². The minimum atomic E-state index is -0.249. The van der Waals surface area contributed by atoms with Gasteiger partial charge in [-0.3, -0.25) is 0 Å². The van der Waals surface area contributed by atoms with Gasteiger partial charge in [-0.1, -0.05) is 158 Å². The van der Waals surface area contributed by atoms with Gasteiger partial charge in [-0.15, -0.1) is 0 Å². The lowest BCUT2D eigenvalue weighted by Gasteiger charge is -2.28. The van der Waals surface area contributed by atoms with Crippen molar-refractivity contribution in [1.82, 2.24) is 9.97 Å². The normalized spacial score (nSPS) is 15.0. The summed E-state index contributed by atoms with van der Waals surface area (Å²) in [7, 11) is 0. The molecule has 0 aliphatic heterocycles. The van der Waals surface area contributed by atoms with Crippen LogP contribution >= 0.6 is 0 Å². The summed E-state index contributed by atoms with van der Waals surface area (Å²) >= 11 is 0. The summed E-state index contributed by atoms with van der Waals surface area (Å²) in [5.74, 6) is 0.717. The highest BCUT2D eigenvalue weighted by molar-refractivity contribution is 6.21. The fourth-order valence-corrected chi connectivity index (χ4v) is 8.29. The Labute approximate surface area is 291 Å². The van der Waals surface area contributed by atoms with Crippen molar-refractivity contribution >= 4 is 32.3 Å². The van der Waals surface area contributed by atoms with Crippen LogP contribution in [0.25, 0.3) is 77.3 Å². The van der Waals surface area contributed by atoms with E-state index in [1.165, 1.54) is 60.1 Å². The van der Waals surface area contributed by atoms with Crippen molar-refractivity contribution in [2.24, 2.45) is 0 Å². The van der Waals surface area contributed by atoms with Crippen LogP contribution in [0.15, 0.2) is 176 Å². The summed E-state index contributed by atoms with van der Waals surface area (Å²) in [6.45, 7) is 2.36. The number of hydrogen-bond acceptors (Lipinski definition) is 2. The van der Waals surface area contributed by atoms with Gasteiger partial charge in [0.2, 0.25) is 0 Å². The van der Waals surface area contributed by atoms with Gasteiger partial charge < -0.3 is 0 Å². The number of nitrogens with zero attached hydrogens (tertiary/aromatic N) is 2. The Bertz CT molecular complexity index is 2770. The monoisotopic (exact) mass is 636 g/mol. The van der Waals surface area contributed by atoms with Crippen LogP contribution in [0.1, 0.15) is 23.6 Å². The minimum absolute atomic E-state index is 0.249. The fraction of sp³-hybridized carbons (Fsp3) is 0.0417. The molecule has 0 N–H and O–H groups in total. The van der Waals surface area contributed by atoms with E-state index in [-0.39, 0.29) is 5.41 Å². The Kier molecular flexibility index (Phi) is 6.34. The van der Waals surface area contributed by atoms with Gasteiger partial charge in [0.05, 0.1) is 11.4 Å². The molecule has 2 heteroatoms. The van der Waals surface area contributed by atoms with E-state index in [0.717, 1.165) is 33.9 Å². The first-order valence-corrected chi connectivity index (χ1v) is 17.3. The average molecular weight is 637 g/mol. The van der Waals surface area contributed by atoms with Crippen molar-refractivity contribution in [3.05, 3.63) is 193 Å². The molecule has 1 unspecified atom stereocenters. The standard InChI is InChI=1S/C48H32N2/c1-48(36-18-6-3-7-19-36)41-23-13-12-22-39(41)40-29-34(26-27-42(40)48)43-30-44(50-47(49-43)32-15-4-2-5-16-32)46-38-21-11-9-17-33(38)28-35-25-24-31-14-8-10-20-37(31)45(35)46/h2-30H,1H3. The maximum absolute atomic E-state index is 5.37. The second-order valence-electron chi connectivity index (χ2n) is 13.5. The molecule has 1 atom stereocenters. The van der Waals surface area contributed by atoms with E-state index in [4.69, 9.17) is 9.97 Å². The smallest absolute Gasteiger partial charge is 0.160 e. The Morgan fingerprint density at radius 3 is 1.90 bits per heavy atom. The van der Waals surface area contributed by atoms with Gasteiger partial charge in [-0.25, -0.2) is 9.97 Å². The zero-order valence-electron chi connectivity index (χ0n) is 27.6. The lowest BCUT2D eigenvalue weighted by Crippen LogP contribution is -2.22. The average Bonchev–Trinajstić information content (AvgIpc) is 3.45. The van der Waals surface area contributed by atoms with Crippen LogP contribution in [0, 0.1) is 0 Å². The third-order valence-corrected chi connectivity index (χ3v) is 10.7. The van der Waals surface area contributed by atoms with Crippen molar-refractivity contribution in [3.8, 4) is 45.0 Å². The molecule has 0 amide bonds. The summed E-state index contributed by atoms with van der Waals surface area (Å²) in [5.41, 5.74) is 11.3. The molecule has 234 valence electrons. The molecule has 1 heterocycles. The topological polar surface area (TPSA) is 25.8 Å². The highest BCUT2D eigenvalue weighted by Crippen LogP contribution is 2.53. The summed E-state index contributed by atoms with van der Waals surface area (Å²) in [5, 5.41) is 7.23. The number of hydrogen-bond donors (Lipinski definition) is 0. The molecule has 0 saturated heterocycles. The van der Waals surface area contributed by atoms with Gasteiger partial charge >= 0.3 is 0 Å². The molecular weight excluding hydrogens is 605 g/mol. The quantitative estimate of drug-likeness (QED) is 0.142. The third kappa shape index (κ3) is 4.28. The van der Waals surface area contributed by atoms with Gasteiger partial charge in [-0.05, 0) is 85.3 Å². The number of benzene rings is 8. The molecule has 1 aliphatic carbocycles. The zero-order chi connectivity index (χ0) is 33.2. The third-order valence-electron chi connectivity index (χ3n) is 10.7. The van der Waals surface area contributed by atoms with Crippen LogP contribution in [-0.4, -0.2) is 9.97 Å². The zero-order valence-corrected chi connectivity index (χ0v) is 27.6. The predicted octanol–water partition coefficient (Wildman–Crippen LogP) is 12.3. The maximum Gasteiger partial charge on any atom is 0.160 e. The first kappa shape index (κ1) is 28.6. The number of aromatic nitrogens is 2. The molecule has 0 fully saturated rings. The highest BCUT2D eigenvalue weighted by atomic mass is 14.9. The van der Waals surface area contributed by atoms with Crippen molar-refractivity contribution in [2.45, 2.75) is 12.3 Å². The molecule has 8 aromatic carbocycles. The van der Waals surface area contributed by atoms with Crippen molar-refractivity contribution in [3.63, 3.8) is 0 Å². The first-order chi connectivity index (χ1) is 24.7. The maximum atomic E-state index is 5.37. The second-order valence-corrected chi connectivity index (χ2v) is 13.5. The van der Waals surface area contributed by atoms with E-state index < -0.39 is 0 Å². The van der Waals surface area contributed by atoms with Gasteiger partial charge in [-0.2, -0.15) is 0 Å². The molecule has 10 rings (SSSR count). The molecule has 0 spiro atoms. The summed E-state index contributed by atoms with van der Waals surface area (Å²) in [4.78, 5) is 10.7. The van der Waals surface area contributed by atoms with Crippen molar-refractivity contribution in [2.75, 3.05) is 0 Å². The Morgan fingerprint density at radius 2 is 1.06 bits per heavy atom. The van der Waals surface area contributed by atoms with E-state index in [0.29, 0.717) is 0 Å².